The minimum absolute atomic E-state index is 0.0551. The number of halogens is 1. The summed E-state index contributed by atoms with van der Waals surface area (Å²) in [5, 5.41) is 2.45. The number of aromatic nitrogens is 1. The first-order valence-corrected chi connectivity index (χ1v) is 12.1. The number of pyridine rings is 1. The number of benzene rings is 1. The third-order valence-corrected chi connectivity index (χ3v) is 9.64. The van der Waals surface area contributed by atoms with E-state index in [-0.39, 0.29) is 24.6 Å². The van der Waals surface area contributed by atoms with Gasteiger partial charge in [0.25, 0.3) is 5.91 Å². The smallest absolute Gasteiger partial charge is 0.274 e. The van der Waals surface area contributed by atoms with Crippen LogP contribution in [0, 0.1) is 6.92 Å². The van der Waals surface area contributed by atoms with Crippen LogP contribution in [0.4, 0.5) is 5.69 Å². The van der Waals surface area contributed by atoms with Gasteiger partial charge in [-0.2, -0.15) is 0 Å². The lowest BCUT2D eigenvalue weighted by Crippen LogP contribution is -2.59. The Morgan fingerprint density at radius 3 is 2.69 bits per heavy atom. The summed E-state index contributed by atoms with van der Waals surface area (Å²) in [7, 11) is -3.67. The van der Waals surface area contributed by atoms with Crippen LogP contribution in [-0.4, -0.2) is 41.7 Å². The van der Waals surface area contributed by atoms with Crippen LogP contribution in [0.25, 0.3) is 0 Å². The largest absolute Gasteiger partial charge is 0.493 e. The number of aryl methyl sites for hydroxylation is 1. The molecule has 3 N–H and O–H groups in total. The molecule has 2 atom stereocenters. The molecule has 1 aromatic heterocycles. The number of sulfone groups is 1. The van der Waals surface area contributed by atoms with Gasteiger partial charge in [-0.1, -0.05) is 11.6 Å². The quantitative estimate of drug-likeness (QED) is 0.685. The number of carbonyl (C=O) groups is 1. The number of nitrogens with two attached hydrogens (primary N) is 1. The topological polar surface area (TPSA) is 124 Å². The van der Waals surface area contributed by atoms with Gasteiger partial charge in [-0.25, -0.2) is 13.4 Å². The van der Waals surface area contributed by atoms with E-state index >= 15 is 0 Å². The standard InChI is InChI=1S/C22H25ClN4O4S/c1-12-9-13(23)11-25-18(12)19(28)26-14-5-6-16-15(10-14)22(4)17(7-8-31-16)32(29,30)21(2,3)20(24)27-22/h5-6,9-11,17H,7-8H2,1-4H3,(H2,24,27)(H,26,28)/t17-,22-/m0/s1. The van der Waals surface area contributed by atoms with Crippen molar-refractivity contribution in [1.82, 2.24) is 4.98 Å². The van der Waals surface area contributed by atoms with Crippen molar-refractivity contribution in [2.45, 2.75) is 49.7 Å². The molecule has 0 bridgehead atoms. The van der Waals surface area contributed by atoms with E-state index in [1.54, 1.807) is 52.0 Å². The van der Waals surface area contributed by atoms with Crippen LogP contribution in [0.3, 0.4) is 0 Å². The number of amides is 1. The van der Waals surface area contributed by atoms with E-state index in [4.69, 9.17) is 22.1 Å². The molecule has 0 saturated carbocycles. The first-order chi connectivity index (χ1) is 14.9. The number of rotatable bonds is 2. The number of aliphatic imine (C=N–C) groups is 1. The van der Waals surface area contributed by atoms with Crippen molar-refractivity contribution in [3.8, 4) is 5.75 Å². The van der Waals surface area contributed by atoms with E-state index in [1.807, 2.05) is 0 Å². The van der Waals surface area contributed by atoms with Crippen LogP contribution >= 0.6 is 11.6 Å². The van der Waals surface area contributed by atoms with Gasteiger partial charge in [0.1, 0.15) is 27.6 Å². The van der Waals surface area contributed by atoms with Gasteiger partial charge >= 0.3 is 0 Å². The van der Waals surface area contributed by atoms with Crippen LogP contribution in [0.15, 0.2) is 35.5 Å². The monoisotopic (exact) mass is 476 g/mol. The average molecular weight is 477 g/mol. The molecule has 2 aliphatic heterocycles. The molecule has 3 heterocycles. The zero-order chi connectivity index (χ0) is 23.5. The molecule has 170 valence electrons. The molecule has 0 radical (unpaired) electrons. The normalized spacial score (nSPS) is 25.4. The van der Waals surface area contributed by atoms with E-state index in [0.29, 0.717) is 27.6 Å². The minimum atomic E-state index is -3.67. The van der Waals surface area contributed by atoms with Crippen molar-refractivity contribution >= 4 is 38.9 Å². The molecule has 0 aliphatic carbocycles. The lowest BCUT2D eigenvalue weighted by molar-refractivity contribution is 0.102. The summed E-state index contributed by atoms with van der Waals surface area (Å²) in [4.78, 5) is 21.6. The number of ether oxygens (including phenoxy) is 1. The molecule has 2 aliphatic rings. The molecule has 0 unspecified atom stereocenters. The van der Waals surface area contributed by atoms with Gasteiger partial charge in [-0.3, -0.25) is 9.79 Å². The van der Waals surface area contributed by atoms with Crippen molar-refractivity contribution in [2.24, 2.45) is 10.7 Å². The summed E-state index contributed by atoms with van der Waals surface area (Å²) in [6.07, 6.45) is 1.69. The molecule has 2 aromatic rings. The number of nitrogens with zero attached hydrogens (tertiary/aromatic N) is 2. The van der Waals surface area contributed by atoms with Gasteiger partial charge in [0, 0.05) is 23.9 Å². The van der Waals surface area contributed by atoms with Gasteiger partial charge in [0.15, 0.2) is 9.84 Å². The number of amidine groups is 1. The van der Waals surface area contributed by atoms with Crippen LogP contribution < -0.4 is 15.8 Å². The molecule has 0 fully saturated rings. The Kier molecular flexibility index (Phi) is 5.25. The highest BCUT2D eigenvalue weighted by atomic mass is 35.5. The summed E-state index contributed by atoms with van der Waals surface area (Å²) in [6, 6.07) is 6.76. The average Bonchev–Trinajstić information content (AvgIpc) is 2.84. The summed E-state index contributed by atoms with van der Waals surface area (Å²) >= 11 is 5.93. The minimum Gasteiger partial charge on any atom is -0.493 e. The van der Waals surface area contributed by atoms with Gasteiger partial charge < -0.3 is 15.8 Å². The van der Waals surface area contributed by atoms with Crippen molar-refractivity contribution in [3.63, 3.8) is 0 Å². The molecular formula is C22H25ClN4O4S. The third-order valence-electron chi connectivity index (χ3n) is 6.36. The summed E-state index contributed by atoms with van der Waals surface area (Å²) in [5.41, 5.74) is 6.90. The lowest BCUT2D eigenvalue weighted by Gasteiger charge is -2.43. The zero-order valence-corrected chi connectivity index (χ0v) is 19.8. The Labute approximate surface area is 192 Å². The summed E-state index contributed by atoms with van der Waals surface area (Å²) in [5.74, 6) is 0.163. The second-order valence-electron chi connectivity index (χ2n) is 8.81. The second-order valence-corrected chi connectivity index (χ2v) is 11.9. The maximum absolute atomic E-state index is 13.5. The maximum Gasteiger partial charge on any atom is 0.274 e. The van der Waals surface area contributed by atoms with E-state index < -0.39 is 31.3 Å². The van der Waals surface area contributed by atoms with E-state index in [0.717, 1.165) is 0 Å². The third kappa shape index (κ3) is 3.34. The van der Waals surface area contributed by atoms with Gasteiger partial charge in [0.05, 0.1) is 16.9 Å². The predicted molar refractivity (Wildman–Crippen MR) is 124 cm³/mol. The van der Waals surface area contributed by atoms with E-state index in [9.17, 15) is 13.2 Å². The fraction of sp³-hybridized carbons (Fsp3) is 0.409. The molecule has 1 amide bonds. The van der Waals surface area contributed by atoms with Gasteiger partial charge in [-0.05, 0) is 57.5 Å². The molecule has 4 rings (SSSR count). The Bertz CT molecular complexity index is 1260. The van der Waals surface area contributed by atoms with Crippen molar-refractivity contribution in [2.75, 3.05) is 11.9 Å². The number of anilines is 1. The van der Waals surface area contributed by atoms with Crippen molar-refractivity contribution < 1.29 is 17.9 Å². The van der Waals surface area contributed by atoms with E-state index in [2.05, 4.69) is 15.3 Å². The Balaban J connectivity index is 1.79. The SMILES string of the molecule is Cc1cc(Cl)cnc1C(=O)Nc1ccc2c(c1)[C@]1(C)N=C(N)C(C)(C)S(=O)(=O)[C@H]1CCO2. The predicted octanol–water partition coefficient (Wildman–Crippen LogP) is 3.23. The number of fused-ring (bicyclic) bond motifs is 3. The highest BCUT2D eigenvalue weighted by Crippen LogP contribution is 2.48. The zero-order valence-electron chi connectivity index (χ0n) is 18.3. The number of hydrogen-bond donors (Lipinski definition) is 2. The lowest BCUT2D eigenvalue weighted by atomic mass is 9.86. The number of nitrogens with one attached hydrogen (secondary N) is 1. The van der Waals surface area contributed by atoms with Crippen LogP contribution in [0.1, 0.15) is 48.8 Å². The molecule has 1 aromatic carbocycles. The molecular weight excluding hydrogens is 452 g/mol. The summed E-state index contributed by atoms with van der Waals surface area (Å²) in [6.45, 7) is 6.88. The Morgan fingerprint density at radius 2 is 2.00 bits per heavy atom. The highest BCUT2D eigenvalue weighted by Gasteiger charge is 2.57. The van der Waals surface area contributed by atoms with Crippen LogP contribution in [0.2, 0.25) is 5.02 Å². The first kappa shape index (κ1) is 22.5. The molecule has 8 nitrogen and oxygen atoms in total. The second kappa shape index (κ2) is 7.45. The van der Waals surface area contributed by atoms with Crippen LogP contribution in [0.5, 0.6) is 5.75 Å². The maximum atomic E-state index is 13.5. The molecule has 0 spiro atoms. The van der Waals surface area contributed by atoms with Gasteiger partial charge in [-0.15, -0.1) is 0 Å². The van der Waals surface area contributed by atoms with Crippen molar-refractivity contribution in [1.29, 1.82) is 0 Å². The fourth-order valence-corrected chi connectivity index (χ4v) is 6.76. The highest BCUT2D eigenvalue weighted by molar-refractivity contribution is 7.94. The fourth-order valence-electron chi connectivity index (χ4n) is 4.30. The number of carbonyl (C=O) groups excluding carboxylic acids is 1. The van der Waals surface area contributed by atoms with Crippen molar-refractivity contribution in [3.05, 3.63) is 52.3 Å². The molecule has 32 heavy (non-hydrogen) atoms. The molecule has 10 heteroatoms. The Hall–Kier alpha value is -2.65. The number of hydrogen-bond acceptors (Lipinski definition) is 7. The van der Waals surface area contributed by atoms with Crippen LogP contribution in [-0.2, 0) is 15.4 Å². The van der Waals surface area contributed by atoms with Gasteiger partial charge in [0.2, 0.25) is 0 Å². The Morgan fingerprint density at radius 1 is 1.28 bits per heavy atom. The van der Waals surface area contributed by atoms with E-state index in [1.165, 1.54) is 6.20 Å². The summed E-state index contributed by atoms with van der Waals surface area (Å²) < 4.78 is 31.5. The first-order valence-electron chi connectivity index (χ1n) is 10.2. The molecule has 0 saturated heterocycles.